The number of hydrogen-bond acceptors (Lipinski definition) is 2. The van der Waals surface area contributed by atoms with Gasteiger partial charge in [-0.15, -0.1) is 0 Å². The van der Waals surface area contributed by atoms with E-state index in [1.165, 1.54) is 0 Å². The number of benzene rings is 2. The van der Waals surface area contributed by atoms with Gasteiger partial charge in [-0.25, -0.2) is 0 Å². The maximum atomic E-state index is 5.92. The quantitative estimate of drug-likeness (QED) is 0.916. The van der Waals surface area contributed by atoms with E-state index in [1.54, 1.807) is 6.07 Å². The summed E-state index contributed by atoms with van der Waals surface area (Å²) >= 11 is 9.41. The first-order valence-electron chi connectivity index (χ1n) is 5.55. The molecule has 18 heavy (non-hydrogen) atoms. The van der Waals surface area contributed by atoms with Crippen LogP contribution in [-0.2, 0) is 13.2 Å². The second-order valence-electron chi connectivity index (χ2n) is 3.84. The Bertz CT molecular complexity index is 545. The van der Waals surface area contributed by atoms with Crippen LogP contribution in [0.15, 0.2) is 46.9 Å². The van der Waals surface area contributed by atoms with Crippen molar-refractivity contribution in [2.45, 2.75) is 13.2 Å². The van der Waals surface area contributed by atoms with Crippen molar-refractivity contribution in [1.29, 1.82) is 0 Å². The summed E-state index contributed by atoms with van der Waals surface area (Å²) in [7, 11) is 0. The Morgan fingerprint density at radius 1 is 1.11 bits per heavy atom. The van der Waals surface area contributed by atoms with E-state index in [0.717, 1.165) is 21.3 Å². The highest BCUT2D eigenvalue weighted by Gasteiger charge is 2.05. The van der Waals surface area contributed by atoms with E-state index in [9.17, 15) is 0 Å². The lowest BCUT2D eigenvalue weighted by Crippen LogP contribution is -2.03. The molecule has 0 aliphatic rings. The van der Waals surface area contributed by atoms with Crippen molar-refractivity contribution in [2.24, 2.45) is 5.73 Å². The van der Waals surface area contributed by atoms with Crippen molar-refractivity contribution >= 4 is 27.5 Å². The van der Waals surface area contributed by atoms with Gasteiger partial charge in [0.25, 0.3) is 0 Å². The summed E-state index contributed by atoms with van der Waals surface area (Å²) in [6.45, 7) is 0.905. The first-order valence-corrected chi connectivity index (χ1v) is 6.72. The van der Waals surface area contributed by atoms with Gasteiger partial charge in [-0.1, -0.05) is 45.7 Å². The van der Waals surface area contributed by atoms with Crippen molar-refractivity contribution < 1.29 is 4.74 Å². The topological polar surface area (TPSA) is 35.2 Å². The van der Waals surface area contributed by atoms with Crippen LogP contribution in [-0.4, -0.2) is 0 Å². The van der Waals surface area contributed by atoms with Crippen LogP contribution in [0.1, 0.15) is 11.1 Å². The molecule has 0 amide bonds. The van der Waals surface area contributed by atoms with Crippen LogP contribution < -0.4 is 10.5 Å². The lowest BCUT2D eigenvalue weighted by atomic mass is 10.2. The second-order valence-corrected chi connectivity index (χ2v) is 5.13. The largest absolute Gasteiger partial charge is 0.489 e. The highest BCUT2D eigenvalue weighted by atomic mass is 79.9. The van der Waals surface area contributed by atoms with Crippen LogP contribution in [0.4, 0.5) is 0 Å². The summed E-state index contributed by atoms with van der Waals surface area (Å²) in [6, 6.07) is 13.4. The molecule has 0 radical (unpaired) electrons. The molecule has 0 atom stereocenters. The van der Waals surface area contributed by atoms with E-state index in [1.807, 2.05) is 36.4 Å². The van der Waals surface area contributed by atoms with Crippen molar-refractivity contribution in [3.63, 3.8) is 0 Å². The predicted molar refractivity (Wildman–Crippen MR) is 77.8 cm³/mol. The Morgan fingerprint density at radius 3 is 2.61 bits per heavy atom. The SMILES string of the molecule is NCc1cc(Cl)ccc1OCc1ccccc1Br. The zero-order valence-corrected chi connectivity index (χ0v) is 12.0. The van der Waals surface area contributed by atoms with Crippen LogP contribution >= 0.6 is 27.5 Å². The first-order chi connectivity index (χ1) is 8.70. The summed E-state index contributed by atoms with van der Waals surface area (Å²) < 4.78 is 6.82. The summed E-state index contributed by atoms with van der Waals surface area (Å²) in [5.74, 6) is 0.776. The fourth-order valence-electron chi connectivity index (χ4n) is 1.62. The third-order valence-corrected chi connectivity index (χ3v) is 3.59. The van der Waals surface area contributed by atoms with Crippen LogP contribution in [0.25, 0.3) is 0 Å². The summed E-state index contributed by atoms with van der Waals surface area (Å²) in [4.78, 5) is 0. The van der Waals surface area contributed by atoms with Crippen molar-refractivity contribution in [3.8, 4) is 5.75 Å². The zero-order chi connectivity index (χ0) is 13.0. The second kappa shape index (κ2) is 6.23. The number of rotatable bonds is 4. The van der Waals surface area contributed by atoms with Gasteiger partial charge >= 0.3 is 0 Å². The molecule has 0 aliphatic carbocycles. The van der Waals surface area contributed by atoms with Gasteiger partial charge in [-0.3, -0.25) is 0 Å². The van der Waals surface area contributed by atoms with Gasteiger partial charge in [-0.2, -0.15) is 0 Å². The number of halogens is 2. The maximum Gasteiger partial charge on any atom is 0.124 e. The molecule has 0 fully saturated rings. The van der Waals surface area contributed by atoms with Gasteiger partial charge in [0.1, 0.15) is 12.4 Å². The van der Waals surface area contributed by atoms with Gasteiger partial charge in [-0.05, 0) is 24.3 Å². The third kappa shape index (κ3) is 3.25. The standard InChI is InChI=1S/C14H13BrClNO/c15-13-4-2-1-3-10(13)9-18-14-6-5-12(16)7-11(14)8-17/h1-7H,8-9,17H2. The van der Waals surface area contributed by atoms with Crippen molar-refractivity contribution in [1.82, 2.24) is 0 Å². The molecular weight excluding hydrogens is 314 g/mol. The van der Waals surface area contributed by atoms with Gasteiger partial charge in [0, 0.05) is 27.2 Å². The van der Waals surface area contributed by atoms with Crippen molar-refractivity contribution in [3.05, 3.63) is 63.1 Å². The molecule has 0 saturated carbocycles. The Kier molecular flexibility index (Phi) is 4.64. The minimum atomic E-state index is 0.409. The molecular formula is C14H13BrClNO. The molecule has 0 bridgehead atoms. The molecule has 2 rings (SSSR count). The highest BCUT2D eigenvalue weighted by Crippen LogP contribution is 2.24. The average molecular weight is 327 g/mol. The molecule has 0 unspecified atom stereocenters. The lowest BCUT2D eigenvalue weighted by molar-refractivity contribution is 0.302. The van der Waals surface area contributed by atoms with Crippen LogP contribution in [0.3, 0.4) is 0 Å². The Morgan fingerprint density at radius 2 is 1.89 bits per heavy atom. The summed E-state index contributed by atoms with van der Waals surface area (Å²) in [5.41, 5.74) is 7.68. The number of ether oxygens (including phenoxy) is 1. The lowest BCUT2D eigenvalue weighted by Gasteiger charge is -2.11. The molecule has 2 aromatic rings. The predicted octanol–water partition coefficient (Wildman–Crippen LogP) is 4.14. The molecule has 0 saturated heterocycles. The monoisotopic (exact) mass is 325 g/mol. The average Bonchev–Trinajstić information content (AvgIpc) is 2.39. The molecule has 0 aliphatic heterocycles. The third-order valence-electron chi connectivity index (χ3n) is 2.58. The van der Waals surface area contributed by atoms with Gasteiger partial charge in [0.05, 0.1) is 0 Å². The molecule has 2 nitrogen and oxygen atoms in total. The van der Waals surface area contributed by atoms with E-state index >= 15 is 0 Å². The van der Waals surface area contributed by atoms with Crippen LogP contribution in [0.5, 0.6) is 5.75 Å². The molecule has 2 N–H and O–H groups in total. The fourth-order valence-corrected chi connectivity index (χ4v) is 2.21. The smallest absolute Gasteiger partial charge is 0.124 e. The molecule has 0 aromatic heterocycles. The Hall–Kier alpha value is -1.03. The van der Waals surface area contributed by atoms with Crippen LogP contribution in [0.2, 0.25) is 5.02 Å². The number of nitrogens with two attached hydrogens (primary N) is 1. The van der Waals surface area contributed by atoms with Crippen molar-refractivity contribution in [2.75, 3.05) is 0 Å². The van der Waals surface area contributed by atoms with Gasteiger partial charge in [0.15, 0.2) is 0 Å². The summed E-state index contributed by atoms with van der Waals surface area (Å²) in [6.07, 6.45) is 0. The normalized spacial score (nSPS) is 10.4. The van der Waals surface area contributed by atoms with E-state index in [4.69, 9.17) is 22.1 Å². The van der Waals surface area contributed by atoms with Gasteiger partial charge < -0.3 is 10.5 Å². The maximum absolute atomic E-state index is 5.92. The minimum absolute atomic E-state index is 0.409. The molecule has 0 heterocycles. The van der Waals surface area contributed by atoms with E-state index in [2.05, 4.69) is 15.9 Å². The van der Waals surface area contributed by atoms with Gasteiger partial charge in [0.2, 0.25) is 0 Å². The fraction of sp³-hybridized carbons (Fsp3) is 0.143. The van der Waals surface area contributed by atoms with E-state index in [0.29, 0.717) is 18.2 Å². The Balaban J connectivity index is 2.13. The molecule has 4 heteroatoms. The molecule has 2 aromatic carbocycles. The zero-order valence-electron chi connectivity index (χ0n) is 9.70. The number of hydrogen-bond donors (Lipinski definition) is 1. The highest BCUT2D eigenvalue weighted by molar-refractivity contribution is 9.10. The first kappa shape index (κ1) is 13.4. The molecule has 0 spiro atoms. The van der Waals surface area contributed by atoms with E-state index in [-0.39, 0.29) is 0 Å². The van der Waals surface area contributed by atoms with Crippen LogP contribution in [0, 0.1) is 0 Å². The summed E-state index contributed by atoms with van der Waals surface area (Å²) in [5, 5.41) is 0.670. The Labute approximate surface area is 120 Å². The molecule has 94 valence electrons. The minimum Gasteiger partial charge on any atom is -0.489 e. The van der Waals surface area contributed by atoms with E-state index < -0.39 is 0 Å².